The second kappa shape index (κ2) is 6.39. The van der Waals surface area contributed by atoms with Crippen LogP contribution in [0.3, 0.4) is 0 Å². The standard InChI is InChI=1S/C16H12Br2F6O2/c17-9-6-14-3-1-2-7(10(14)11(18)12(9)25)4-8(5-14)26-13(15(19,20)21)16(22,23)24/h5-7,13H,1-4H2. The van der Waals surface area contributed by atoms with Gasteiger partial charge in [0, 0.05) is 11.8 Å². The highest BCUT2D eigenvalue weighted by molar-refractivity contribution is 9.13. The van der Waals surface area contributed by atoms with E-state index in [9.17, 15) is 31.1 Å². The zero-order chi connectivity index (χ0) is 19.5. The van der Waals surface area contributed by atoms with Crippen molar-refractivity contribution in [2.45, 2.75) is 44.1 Å². The van der Waals surface area contributed by atoms with Crippen LogP contribution in [0.25, 0.3) is 0 Å². The van der Waals surface area contributed by atoms with Crippen molar-refractivity contribution in [3.05, 3.63) is 32.4 Å². The molecule has 0 radical (unpaired) electrons. The third-order valence-corrected chi connectivity index (χ3v) is 6.20. The maximum absolute atomic E-state index is 12.8. The van der Waals surface area contributed by atoms with Crippen LogP contribution >= 0.6 is 31.9 Å². The highest BCUT2D eigenvalue weighted by Gasteiger charge is 2.60. The van der Waals surface area contributed by atoms with Gasteiger partial charge in [0.1, 0.15) is 0 Å². The van der Waals surface area contributed by atoms with Crippen LogP contribution in [0.15, 0.2) is 32.4 Å². The molecule has 26 heavy (non-hydrogen) atoms. The molecule has 2 nitrogen and oxygen atoms in total. The molecule has 0 aliphatic heterocycles. The fourth-order valence-electron chi connectivity index (χ4n) is 3.89. The van der Waals surface area contributed by atoms with Gasteiger partial charge in [-0.15, -0.1) is 0 Å². The molecule has 0 amide bonds. The smallest absolute Gasteiger partial charge is 0.434 e. The topological polar surface area (TPSA) is 26.3 Å². The van der Waals surface area contributed by atoms with Gasteiger partial charge in [-0.2, -0.15) is 26.3 Å². The number of ketones is 1. The minimum atomic E-state index is -5.57. The summed E-state index contributed by atoms with van der Waals surface area (Å²) in [6.45, 7) is 0. The number of carbonyl (C=O) groups excluding carboxylic acids is 1. The molecule has 0 N–H and O–H groups in total. The Morgan fingerprint density at radius 3 is 2.31 bits per heavy atom. The van der Waals surface area contributed by atoms with Gasteiger partial charge in [0.2, 0.25) is 5.78 Å². The highest BCUT2D eigenvalue weighted by atomic mass is 79.9. The van der Waals surface area contributed by atoms with Crippen LogP contribution in [0.4, 0.5) is 26.3 Å². The molecule has 3 aliphatic carbocycles. The van der Waals surface area contributed by atoms with Gasteiger partial charge in [-0.25, -0.2) is 0 Å². The number of hydrogen-bond donors (Lipinski definition) is 0. The van der Waals surface area contributed by atoms with Gasteiger partial charge < -0.3 is 4.74 Å². The lowest BCUT2D eigenvalue weighted by Gasteiger charge is -2.46. The third-order valence-electron chi connectivity index (χ3n) is 4.82. The Morgan fingerprint density at radius 2 is 1.73 bits per heavy atom. The molecular weight excluding hydrogens is 498 g/mol. The van der Waals surface area contributed by atoms with Crippen molar-refractivity contribution in [1.82, 2.24) is 0 Å². The SMILES string of the molecule is O=C1C(Br)=CC23C=C(OC(C(F)(F)F)C(F)(F)F)CC(CCC2)C3=C1Br. The van der Waals surface area contributed by atoms with Crippen molar-refractivity contribution in [2.75, 3.05) is 0 Å². The molecule has 144 valence electrons. The van der Waals surface area contributed by atoms with Crippen LogP contribution in [-0.2, 0) is 9.53 Å². The average molecular weight is 510 g/mol. The van der Waals surface area contributed by atoms with E-state index in [2.05, 4.69) is 36.6 Å². The second-order valence-corrected chi connectivity index (χ2v) is 8.22. The lowest BCUT2D eigenvalue weighted by atomic mass is 9.59. The van der Waals surface area contributed by atoms with Crippen LogP contribution in [-0.4, -0.2) is 24.2 Å². The summed E-state index contributed by atoms with van der Waals surface area (Å²) in [5.41, 5.74) is -0.205. The summed E-state index contributed by atoms with van der Waals surface area (Å²) < 4.78 is 81.9. The third kappa shape index (κ3) is 3.39. The number of rotatable bonds is 2. The molecule has 3 aliphatic rings. The molecule has 10 heteroatoms. The first kappa shape index (κ1) is 20.0. The van der Waals surface area contributed by atoms with E-state index in [-0.39, 0.29) is 28.4 Å². The monoisotopic (exact) mass is 508 g/mol. The molecular formula is C16H12Br2F6O2. The largest absolute Gasteiger partial charge is 0.476 e. The Bertz CT molecular complexity index is 720. The number of hydrogen-bond acceptors (Lipinski definition) is 2. The van der Waals surface area contributed by atoms with Crippen LogP contribution < -0.4 is 0 Å². The number of Topliss-reactive ketones (excluding diaryl/α,β-unsaturated/α-hetero) is 1. The van der Waals surface area contributed by atoms with E-state index in [4.69, 9.17) is 0 Å². The average Bonchev–Trinajstić information content (AvgIpc) is 2.46. The number of alkyl halides is 6. The van der Waals surface area contributed by atoms with E-state index in [1.165, 1.54) is 6.08 Å². The Kier molecular flexibility index (Phi) is 4.91. The maximum atomic E-state index is 12.8. The molecule has 1 fully saturated rings. The molecule has 1 saturated carbocycles. The maximum Gasteiger partial charge on any atom is 0.434 e. The molecule has 0 aromatic rings. The molecule has 0 aromatic heterocycles. The molecule has 0 heterocycles. The van der Waals surface area contributed by atoms with Crippen molar-refractivity contribution < 1.29 is 35.9 Å². The molecule has 0 saturated heterocycles. The van der Waals surface area contributed by atoms with E-state index in [0.29, 0.717) is 22.9 Å². The Labute approximate surface area is 161 Å². The lowest BCUT2D eigenvalue weighted by Crippen LogP contribution is -2.45. The summed E-state index contributed by atoms with van der Waals surface area (Å²) in [4.78, 5) is 12.2. The predicted octanol–water partition coefficient (Wildman–Crippen LogP) is 6.08. The lowest BCUT2D eigenvalue weighted by molar-refractivity contribution is -0.314. The molecule has 2 bridgehead atoms. The first-order valence-electron chi connectivity index (χ1n) is 7.70. The van der Waals surface area contributed by atoms with E-state index in [1.54, 1.807) is 6.08 Å². The normalized spacial score (nSPS) is 29.4. The summed E-state index contributed by atoms with van der Waals surface area (Å²) in [5, 5.41) is 0. The van der Waals surface area contributed by atoms with Crippen molar-refractivity contribution in [1.29, 1.82) is 0 Å². The number of allylic oxidation sites excluding steroid dienone is 6. The van der Waals surface area contributed by atoms with Gasteiger partial charge in [-0.05, 0) is 62.3 Å². The molecule has 3 rings (SSSR count). The van der Waals surface area contributed by atoms with Crippen molar-refractivity contribution in [3.8, 4) is 0 Å². The van der Waals surface area contributed by atoms with Gasteiger partial charge in [0.15, 0.2) is 0 Å². The van der Waals surface area contributed by atoms with Gasteiger partial charge in [-0.3, -0.25) is 4.79 Å². The summed E-state index contributed by atoms with van der Waals surface area (Å²) in [7, 11) is 0. The van der Waals surface area contributed by atoms with E-state index >= 15 is 0 Å². The first-order valence-corrected chi connectivity index (χ1v) is 9.29. The van der Waals surface area contributed by atoms with Gasteiger partial charge in [0.05, 0.1) is 14.7 Å². The van der Waals surface area contributed by atoms with Crippen LogP contribution in [0.2, 0.25) is 0 Å². The zero-order valence-electron chi connectivity index (χ0n) is 13.0. The Hall–Kier alpha value is -0.770. The van der Waals surface area contributed by atoms with Gasteiger partial charge in [-0.1, -0.05) is 12.5 Å². The zero-order valence-corrected chi connectivity index (χ0v) is 16.2. The van der Waals surface area contributed by atoms with Gasteiger partial charge in [0.25, 0.3) is 6.10 Å². The molecule has 2 unspecified atom stereocenters. The fraction of sp³-hybridized carbons (Fsp3) is 0.562. The van der Waals surface area contributed by atoms with Crippen LogP contribution in [0.1, 0.15) is 25.7 Å². The van der Waals surface area contributed by atoms with E-state index in [1.807, 2.05) is 0 Å². The fourth-order valence-corrected chi connectivity index (χ4v) is 5.67. The van der Waals surface area contributed by atoms with Gasteiger partial charge >= 0.3 is 12.4 Å². The number of halogens is 8. The second-order valence-electron chi connectivity index (χ2n) is 6.57. The Balaban J connectivity index is 2.04. The molecule has 0 aromatic carbocycles. The molecule has 0 spiro atoms. The first-order chi connectivity index (χ1) is 11.8. The van der Waals surface area contributed by atoms with E-state index < -0.39 is 23.9 Å². The minimum absolute atomic E-state index is 0.104. The highest BCUT2D eigenvalue weighted by Crippen LogP contribution is 2.57. The summed E-state index contributed by atoms with van der Waals surface area (Å²) >= 11 is 6.38. The Morgan fingerprint density at radius 1 is 1.12 bits per heavy atom. The summed E-state index contributed by atoms with van der Waals surface area (Å²) in [6, 6.07) is 0. The van der Waals surface area contributed by atoms with Crippen molar-refractivity contribution in [2.24, 2.45) is 11.3 Å². The number of ether oxygens (including phenoxy) is 1. The van der Waals surface area contributed by atoms with Crippen LogP contribution in [0, 0.1) is 11.3 Å². The summed E-state index contributed by atoms with van der Waals surface area (Å²) in [6.07, 6.45) is -10.5. The van der Waals surface area contributed by atoms with E-state index in [0.717, 1.165) is 6.42 Å². The minimum Gasteiger partial charge on any atom is -0.476 e. The predicted molar refractivity (Wildman–Crippen MR) is 87.4 cm³/mol. The van der Waals surface area contributed by atoms with Crippen LogP contribution in [0.5, 0.6) is 0 Å². The summed E-state index contributed by atoms with van der Waals surface area (Å²) in [5.74, 6) is -0.978. The quantitative estimate of drug-likeness (QED) is 0.422. The molecule has 2 atom stereocenters. The van der Waals surface area contributed by atoms with Crippen molar-refractivity contribution in [3.63, 3.8) is 0 Å². The number of carbonyl (C=O) groups is 1. The van der Waals surface area contributed by atoms with Crippen molar-refractivity contribution >= 4 is 37.6 Å².